The number of imide groups is 1. The second kappa shape index (κ2) is 9.98. The van der Waals surface area contributed by atoms with Crippen LogP contribution >= 0.6 is 27.7 Å². The number of hydrogen-bond donors (Lipinski definition) is 0. The number of nitrogens with zero attached hydrogens (tertiary/aromatic N) is 1. The van der Waals surface area contributed by atoms with Crippen molar-refractivity contribution < 1.29 is 19.1 Å². The molecule has 0 atom stereocenters. The molecule has 1 saturated heterocycles. The van der Waals surface area contributed by atoms with Crippen LogP contribution < -0.4 is 9.47 Å². The minimum absolute atomic E-state index is 0.230. The maximum absolute atomic E-state index is 12.7. The average Bonchev–Trinajstić information content (AvgIpc) is 2.96. The highest BCUT2D eigenvalue weighted by Gasteiger charge is 2.34. The Kier molecular flexibility index (Phi) is 7.39. The summed E-state index contributed by atoms with van der Waals surface area (Å²) >= 11 is 4.44. The van der Waals surface area contributed by atoms with Crippen molar-refractivity contribution in [2.24, 2.45) is 0 Å². The van der Waals surface area contributed by atoms with Gasteiger partial charge in [-0.05, 0) is 76.8 Å². The topological polar surface area (TPSA) is 55.8 Å². The molecule has 1 heterocycles. The fraction of sp³-hybridized carbons (Fsp3) is 0.273. The molecule has 152 valence electrons. The van der Waals surface area contributed by atoms with Gasteiger partial charge in [-0.15, -0.1) is 0 Å². The first-order valence-electron chi connectivity index (χ1n) is 9.33. The number of aryl methyl sites for hydroxylation is 1. The number of carbonyl (C=O) groups excluding carboxylic acids is 2. The monoisotopic (exact) mass is 475 g/mol. The summed E-state index contributed by atoms with van der Waals surface area (Å²) in [7, 11) is 1.57. The number of halogens is 1. The van der Waals surface area contributed by atoms with Gasteiger partial charge < -0.3 is 9.47 Å². The summed E-state index contributed by atoms with van der Waals surface area (Å²) in [6, 6.07) is 13.7. The molecule has 1 aliphatic rings. The Morgan fingerprint density at radius 1 is 1.17 bits per heavy atom. The van der Waals surface area contributed by atoms with Gasteiger partial charge in [0, 0.05) is 6.54 Å². The van der Waals surface area contributed by atoms with Crippen LogP contribution in [0.2, 0.25) is 0 Å². The number of rotatable bonds is 8. The molecule has 0 N–H and O–H groups in total. The van der Waals surface area contributed by atoms with E-state index in [0.717, 1.165) is 34.6 Å². The van der Waals surface area contributed by atoms with E-state index in [4.69, 9.17) is 9.47 Å². The van der Waals surface area contributed by atoms with E-state index in [1.807, 2.05) is 43.3 Å². The fourth-order valence-electron chi connectivity index (χ4n) is 3.06. The maximum atomic E-state index is 12.7. The van der Waals surface area contributed by atoms with Crippen LogP contribution in [0.5, 0.6) is 11.5 Å². The highest BCUT2D eigenvalue weighted by molar-refractivity contribution is 9.10. The third-order valence-corrected chi connectivity index (χ3v) is 5.89. The van der Waals surface area contributed by atoms with Gasteiger partial charge in [0.15, 0.2) is 11.5 Å². The zero-order chi connectivity index (χ0) is 20.8. The van der Waals surface area contributed by atoms with E-state index in [1.54, 1.807) is 19.3 Å². The molecular weight excluding hydrogens is 454 g/mol. The Hall–Kier alpha value is -2.25. The summed E-state index contributed by atoms with van der Waals surface area (Å²) in [6.45, 7) is 2.79. The molecule has 0 radical (unpaired) electrons. The zero-order valence-electron chi connectivity index (χ0n) is 16.3. The molecule has 0 spiro atoms. The molecule has 2 amide bonds. The number of hydrogen-bond acceptors (Lipinski definition) is 5. The third kappa shape index (κ3) is 5.22. The number of benzene rings is 2. The van der Waals surface area contributed by atoms with Gasteiger partial charge in [-0.2, -0.15) is 0 Å². The molecular formula is C22H22BrNO4S. The van der Waals surface area contributed by atoms with Crippen LogP contribution in [-0.4, -0.2) is 36.3 Å². The van der Waals surface area contributed by atoms with E-state index in [9.17, 15) is 9.59 Å². The van der Waals surface area contributed by atoms with Gasteiger partial charge in [0.25, 0.3) is 11.1 Å². The van der Waals surface area contributed by atoms with Gasteiger partial charge in [0.2, 0.25) is 0 Å². The van der Waals surface area contributed by atoms with Crippen molar-refractivity contribution in [3.63, 3.8) is 0 Å². The van der Waals surface area contributed by atoms with E-state index >= 15 is 0 Å². The summed E-state index contributed by atoms with van der Waals surface area (Å²) in [6.07, 6.45) is 3.28. The van der Waals surface area contributed by atoms with E-state index in [2.05, 4.69) is 15.9 Å². The van der Waals surface area contributed by atoms with E-state index in [0.29, 0.717) is 29.6 Å². The van der Waals surface area contributed by atoms with Crippen LogP contribution in [0.15, 0.2) is 51.8 Å². The highest BCUT2D eigenvalue weighted by Crippen LogP contribution is 2.39. The van der Waals surface area contributed by atoms with Gasteiger partial charge in [0.1, 0.15) is 0 Å². The average molecular weight is 476 g/mol. The van der Waals surface area contributed by atoms with Crippen LogP contribution in [0.3, 0.4) is 0 Å². The Morgan fingerprint density at radius 3 is 2.62 bits per heavy atom. The van der Waals surface area contributed by atoms with Crippen LogP contribution in [0.25, 0.3) is 6.08 Å². The van der Waals surface area contributed by atoms with Gasteiger partial charge in [0.05, 0.1) is 23.1 Å². The van der Waals surface area contributed by atoms with Crippen molar-refractivity contribution in [1.82, 2.24) is 4.90 Å². The molecule has 5 nitrogen and oxygen atoms in total. The molecule has 0 unspecified atom stereocenters. The van der Waals surface area contributed by atoms with Gasteiger partial charge >= 0.3 is 0 Å². The van der Waals surface area contributed by atoms with Crippen molar-refractivity contribution in [1.29, 1.82) is 0 Å². The second-order valence-electron chi connectivity index (χ2n) is 6.39. The standard InChI is InChI=1S/C22H22BrNO4S/c1-3-28-18-13-16(12-17(23)20(18)27-2)14-19-21(25)24(22(26)29-19)11-7-10-15-8-5-4-6-9-15/h4-6,8-9,12-14H,3,7,10-11H2,1-2H3/b19-14+. The van der Waals surface area contributed by atoms with Gasteiger partial charge in [-0.25, -0.2) is 0 Å². The van der Waals surface area contributed by atoms with Gasteiger partial charge in [-0.3, -0.25) is 14.5 Å². The van der Waals surface area contributed by atoms with E-state index in [-0.39, 0.29) is 11.1 Å². The third-order valence-electron chi connectivity index (χ3n) is 4.40. The molecule has 7 heteroatoms. The molecule has 0 saturated carbocycles. The van der Waals surface area contributed by atoms with Crippen molar-refractivity contribution in [2.45, 2.75) is 19.8 Å². The Bertz CT molecular complexity index is 930. The highest BCUT2D eigenvalue weighted by atomic mass is 79.9. The Balaban J connectivity index is 1.72. The number of ether oxygens (including phenoxy) is 2. The first kappa shape index (κ1) is 21.5. The Morgan fingerprint density at radius 2 is 1.93 bits per heavy atom. The van der Waals surface area contributed by atoms with Crippen molar-refractivity contribution >= 4 is 44.9 Å². The lowest BCUT2D eigenvalue weighted by atomic mass is 10.1. The number of thioether (sulfide) groups is 1. The number of amides is 2. The molecule has 0 bridgehead atoms. The molecule has 2 aromatic rings. The SMILES string of the molecule is CCOc1cc(/C=C2/SC(=O)N(CCCc3ccccc3)C2=O)cc(Br)c1OC. The first-order chi connectivity index (χ1) is 14.0. The quantitative estimate of drug-likeness (QED) is 0.470. The molecule has 3 rings (SSSR count). The second-order valence-corrected chi connectivity index (χ2v) is 8.24. The zero-order valence-corrected chi connectivity index (χ0v) is 18.7. The number of carbonyl (C=O) groups is 2. The van der Waals surface area contributed by atoms with Crippen LogP contribution in [-0.2, 0) is 11.2 Å². The molecule has 1 fully saturated rings. The summed E-state index contributed by atoms with van der Waals surface area (Å²) in [5.74, 6) is 0.925. The van der Waals surface area contributed by atoms with Crippen LogP contribution in [0.4, 0.5) is 4.79 Å². The normalized spacial score (nSPS) is 15.3. The molecule has 1 aliphatic heterocycles. The summed E-state index contributed by atoms with van der Waals surface area (Å²) < 4.78 is 11.7. The first-order valence-corrected chi connectivity index (χ1v) is 10.9. The molecule has 0 aliphatic carbocycles. The minimum Gasteiger partial charge on any atom is -0.492 e. The molecule has 29 heavy (non-hydrogen) atoms. The fourth-order valence-corrected chi connectivity index (χ4v) is 4.55. The summed E-state index contributed by atoms with van der Waals surface area (Å²) in [4.78, 5) is 26.8. The van der Waals surface area contributed by atoms with Gasteiger partial charge in [-0.1, -0.05) is 30.3 Å². The van der Waals surface area contributed by atoms with E-state index < -0.39 is 0 Å². The molecule has 0 aromatic heterocycles. The Labute approximate surface area is 183 Å². The van der Waals surface area contributed by atoms with Crippen LogP contribution in [0, 0.1) is 0 Å². The predicted octanol–water partition coefficient (Wildman–Crippen LogP) is 5.53. The van der Waals surface area contributed by atoms with Crippen molar-refractivity contribution in [3.8, 4) is 11.5 Å². The lowest BCUT2D eigenvalue weighted by Crippen LogP contribution is -2.29. The van der Waals surface area contributed by atoms with E-state index in [1.165, 1.54) is 10.5 Å². The lowest BCUT2D eigenvalue weighted by Gasteiger charge is -2.13. The van der Waals surface area contributed by atoms with Crippen LogP contribution in [0.1, 0.15) is 24.5 Å². The minimum atomic E-state index is -0.252. The lowest BCUT2D eigenvalue weighted by molar-refractivity contribution is -0.122. The number of methoxy groups -OCH3 is 1. The van der Waals surface area contributed by atoms with Crippen molar-refractivity contribution in [3.05, 3.63) is 63.0 Å². The maximum Gasteiger partial charge on any atom is 0.293 e. The smallest absolute Gasteiger partial charge is 0.293 e. The largest absolute Gasteiger partial charge is 0.492 e. The summed E-state index contributed by atoms with van der Waals surface area (Å²) in [5.41, 5.74) is 1.96. The predicted molar refractivity (Wildman–Crippen MR) is 119 cm³/mol. The van der Waals surface area contributed by atoms with Crippen molar-refractivity contribution in [2.75, 3.05) is 20.3 Å². The summed E-state index contributed by atoms with van der Waals surface area (Å²) in [5, 5.41) is -0.230. The molecule has 2 aromatic carbocycles.